The van der Waals surface area contributed by atoms with Gasteiger partial charge in [-0.1, -0.05) is 30.3 Å². The Morgan fingerprint density at radius 2 is 1.86 bits per heavy atom. The molecular formula is C18H19NO3. The number of hydrogen-bond donors (Lipinski definition) is 1. The molecule has 1 aliphatic heterocycles. The van der Waals surface area contributed by atoms with Gasteiger partial charge in [0.1, 0.15) is 11.5 Å². The van der Waals surface area contributed by atoms with Crippen molar-refractivity contribution in [1.29, 1.82) is 0 Å². The third-order valence-electron chi connectivity index (χ3n) is 3.94. The van der Waals surface area contributed by atoms with Crippen molar-refractivity contribution < 1.29 is 14.6 Å². The molecule has 114 valence electrons. The number of carbonyl (C=O) groups is 1. The van der Waals surface area contributed by atoms with E-state index in [1.807, 2.05) is 42.5 Å². The summed E-state index contributed by atoms with van der Waals surface area (Å²) in [5, 5.41) is 9.41. The first-order valence-electron chi connectivity index (χ1n) is 7.53. The number of benzene rings is 2. The van der Waals surface area contributed by atoms with Crippen molar-refractivity contribution in [1.82, 2.24) is 4.90 Å². The molecule has 0 aromatic heterocycles. The lowest BCUT2D eigenvalue weighted by Crippen LogP contribution is -2.37. The average molecular weight is 297 g/mol. The van der Waals surface area contributed by atoms with Gasteiger partial charge in [-0.15, -0.1) is 0 Å². The minimum Gasteiger partial charge on any atom is -0.457 e. The maximum Gasteiger partial charge on any atom is 0.257 e. The smallest absolute Gasteiger partial charge is 0.257 e. The first kappa shape index (κ1) is 14.6. The Bertz CT molecular complexity index is 642. The van der Waals surface area contributed by atoms with Gasteiger partial charge in [0, 0.05) is 6.54 Å². The van der Waals surface area contributed by atoms with Crippen LogP contribution in [0, 0.1) is 0 Å². The van der Waals surface area contributed by atoms with Gasteiger partial charge in [-0.3, -0.25) is 4.79 Å². The second-order valence-electron chi connectivity index (χ2n) is 5.39. The Balaban J connectivity index is 1.86. The molecule has 0 bridgehead atoms. The molecule has 0 spiro atoms. The summed E-state index contributed by atoms with van der Waals surface area (Å²) in [5.74, 6) is 1.16. The van der Waals surface area contributed by atoms with E-state index in [0.29, 0.717) is 23.6 Å². The maximum atomic E-state index is 12.8. The third kappa shape index (κ3) is 2.97. The summed E-state index contributed by atoms with van der Waals surface area (Å²) < 4.78 is 5.85. The van der Waals surface area contributed by atoms with Gasteiger partial charge >= 0.3 is 0 Å². The molecule has 1 amide bonds. The number of hydrogen-bond acceptors (Lipinski definition) is 3. The van der Waals surface area contributed by atoms with E-state index < -0.39 is 0 Å². The largest absolute Gasteiger partial charge is 0.457 e. The molecule has 3 rings (SSSR count). The van der Waals surface area contributed by atoms with Crippen molar-refractivity contribution in [3.05, 3.63) is 60.2 Å². The standard InChI is InChI=1S/C18H19NO3/c20-13-14-7-6-12-19(14)18(21)16-10-4-5-11-17(16)22-15-8-2-1-3-9-15/h1-5,8-11,14,20H,6-7,12-13H2/t14-/m0/s1. The zero-order valence-corrected chi connectivity index (χ0v) is 12.3. The molecular weight excluding hydrogens is 278 g/mol. The third-order valence-corrected chi connectivity index (χ3v) is 3.94. The fraction of sp³-hybridized carbons (Fsp3) is 0.278. The number of para-hydroxylation sites is 2. The fourth-order valence-electron chi connectivity index (χ4n) is 2.80. The number of rotatable bonds is 4. The van der Waals surface area contributed by atoms with Gasteiger partial charge in [-0.05, 0) is 37.1 Å². The normalized spacial score (nSPS) is 17.5. The molecule has 22 heavy (non-hydrogen) atoms. The summed E-state index contributed by atoms with van der Waals surface area (Å²) in [6.07, 6.45) is 1.78. The second kappa shape index (κ2) is 6.62. The zero-order valence-electron chi connectivity index (χ0n) is 12.3. The van der Waals surface area contributed by atoms with E-state index in [0.717, 1.165) is 12.8 Å². The summed E-state index contributed by atoms with van der Waals surface area (Å²) in [7, 11) is 0. The highest BCUT2D eigenvalue weighted by molar-refractivity contribution is 5.97. The molecule has 1 fully saturated rings. The monoisotopic (exact) mass is 297 g/mol. The molecule has 1 atom stereocenters. The van der Waals surface area contributed by atoms with E-state index in [1.54, 1.807) is 17.0 Å². The van der Waals surface area contributed by atoms with Gasteiger partial charge in [0.05, 0.1) is 18.2 Å². The van der Waals surface area contributed by atoms with Gasteiger partial charge in [0.25, 0.3) is 5.91 Å². The average Bonchev–Trinajstić information content (AvgIpc) is 3.04. The Morgan fingerprint density at radius 1 is 1.14 bits per heavy atom. The van der Waals surface area contributed by atoms with E-state index in [-0.39, 0.29) is 18.6 Å². The van der Waals surface area contributed by atoms with Crippen LogP contribution in [0.1, 0.15) is 23.2 Å². The predicted molar refractivity (Wildman–Crippen MR) is 84.1 cm³/mol. The Kier molecular flexibility index (Phi) is 4.39. The highest BCUT2D eigenvalue weighted by Gasteiger charge is 2.30. The molecule has 4 nitrogen and oxygen atoms in total. The zero-order chi connectivity index (χ0) is 15.4. The second-order valence-corrected chi connectivity index (χ2v) is 5.39. The minimum absolute atomic E-state index is 0.00739. The molecule has 2 aromatic rings. The molecule has 1 heterocycles. The summed E-state index contributed by atoms with van der Waals surface area (Å²) in [6.45, 7) is 0.692. The van der Waals surface area contributed by atoms with E-state index in [9.17, 15) is 9.90 Å². The molecule has 0 unspecified atom stereocenters. The summed E-state index contributed by atoms with van der Waals surface area (Å²) in [6, 6.07) is 16.6. The van der Waals surface area contributed by atoms with Gasteiger partial charge in [0.15, 0.2) is 0 Å². The summed E-state index contributed by atoms with van der Waals surface area (Å²) >= 11 is 0. The van der Waals surface area contributed by atoms with Crippen molar-refractivity contribution in [2.75, 3.05) is 13.2 Å². The van der Waals surface area contributed by atoms with Crippen molar-refractivity contribution in [2.45, 2.75) is 18.9 Å². The van der Waals surface area contributed by atoms with Crippen LogP contribution in [-0.4, -0.2) is 35.1 Å². The molecule has 0 radical (unpaired) electrons. The van der Waals surface area contributed by atoms with Crippen LogP contribution in [0.3, 0.4) is 0 Å². The summed E-state index contributed by atoms with van der Waals surface area (Å²) in [4.78, 5) is 14.5. The SMILES string of the molecule is O=C(c1ccccc1Oc1ccccc1)N1CCC[C@H]1CO. The maximum absolute atomic E-state index is 12.8. The quantitative estimate of drug-likeness (QED) is 0.943. The number of nitrogens with zero attached hydrogens (tertiary/aromatic N) is 1. The molecule has 1 aliphatic rings. The Labute approximate surface area is 130 Å². The van der Waals surface area contributed by atoms with Crippen molar-refractivity contribution in [3.8, 4) is 11.5 Å². The first-order chi connectivity index (χ1) is 10.8. The minimum atomic E-state index is -0.0859. The number of ether oxygens (including phenoxy) is 1. The van der Waals surface area contributed by atoms with E-state index in [4.69, 9.17) is 4.74 Å². The number of aliphatic hydroxyl groups excluding tert-OH is 1. The highest BCUT2D eigenvalue weighted by atomic mass is 16.5. The number of carbonyl (C=O) groups excluding carboxylic acids is 1. The number of amides is 1. The fourth-order valence-corrected chi connectivity index (χ4v) is 2.80. The Hall–Kier alpha value is -2.33. The van der Waals surface area contributed by atoms with Crippen molar-refractivity contribution in [2.24, 2.45) is 0 Å². The first-order valence-corrected chi connectivity index (χ1v) is 7.53. The molecule has 0 saturated carbocycles. The van der Waals surface area contributed by atoms with Gasteiger partial charge in [-0.25, -0.2) is 0 Å². The molecule has 0 aliphatic carbocycles. The Morgan fingerprint density at radius 3 is 2.64 bits per heavy atom. The van der Waals surface area contributed by atoms with Crippen LogP contribution >= 0.6 is 0 Å². The van der Waals surface area contributed by atoms with Crippen LogP contribution in [0.5, 0.6) is 11.5 Å². The molecule has 1 saturated heterocycles. The van der Waals surface area contributed by atoms with Gasteiger partial charge < -0.3 is 14.7 Å². The van der Waals surface area contributed by atoms with Crippen molar-refractivity contribution >= 4 is 5.91 Å². The topological polar surface area (TPSA) is 49.8 Å². The highest BCUT2D eigenvalue weighted by Crippen LogP contribution is 2.28. The van der Waals surface area contributed by atoms with Crippen LogP contribution in [0.4, 0.5) is 0 Å². The lowest BCUT2D eigenvalue weighted by atomic mass is 10.1. The number of likely N-dealkylation sites (tertiary alicyclic amines) is 1. The molecule has 1 N–H and O–H groups in total. The van der Waals surface area contributed by atoms with Gasteiger partial charge in [0.2, 0.25) is 0 Å². The van der Waals surface area contributed by atoms with E-state index in [2.05, 4.69) is 0 Å². The van der Waals surface area contributed by atoms with E-state index in [1.165, 1.54) is 0 Å². The van der Waals surface area contributed by atoms with Gasteiger partial charge in [-0.2, -0.15) is 0 Å². The van der Waals surface area contributed by atoms with E-state index >= 15 is 0 Å². The van der Waals surface area contributed by atoms with Crippen LogP contribution in [-0.2, 0) is 0 Å². The van der Waals surface area contributed by atoms with Crippen molar-refractivity contribution in [3.63, 3.8) is 0 Å². The van der Waals surface area contributed by atoms with Crippen LogP contribution in [0.15, 0.2) is 54.6 Å². The number of aliphatic hydroxyl groups is 1. The van der Waals surface area contributed by atoms with Crippen LogP contribution < -0.4 is 4.74 Å². The molecule has 4 heteroatoms. The lowest BCUT2D eigenvalue weighted by molar-refractivity contribution is 0.0675. The van der Waals surface area contributed by atoms with Crippen LogP contribution in [0.25, 0.3) is 0 Å². The lowest BCUT2D eigenvalue weighted by Gasteiger charge is -2.24. The summed E-state index contributed by atoms with van der Waals surface area (Å²) in [5.41, 5.74) is 0.534. The van der Waals surface area contributed by atoms with Crippen LogP contribution in [0.2, 0.25) is 0 Å². The predicted octanol–water partition coefficient (Wildman–Crippen LogP) is 3.08. The molecule has 2 aromatic carbocycles.